The fourth-order valence-electron chi connectivity index (χ4n) is 1.07. The number of H-pyrrole nitrogens is 1. The van der Waals surface area contributed by atoms with E-state index in [4.69, 9.17) is 6.42 Å². The van der Waals surface area contributed by atoms with E-state index in [1.165, 1.54) is 0 Å². The topological polar surface area (TPSA) is 69.8 Å². The minimum Gasteiger partial charge on any atom is -0.355 e. The van der Waals surface area contributed by atoms with Crippen LogP contribution in [0.15, 0.2) is 12.4 Å². The van der Waals surface area contributed by atoms with Gasteiger partial charge in [0.05, 0.1) is 13.1 Å². The lowest BCUT2D eigenvalue weighted by Gasteiger charge is -2.03. The van der Waals surface area contributed by atoms with Gasteiger partial charge in [0, 0.05) is 25.4 Å². The molecule has 0 fully saturated rings. The maximum atomic E-state index is 11.2. The van der Waals surface area contributed by atoms with Gasteiger partial charge >= 0.3 is 0 Å². The van der Waals surface area contributed by atoms with E-state index in [1.54, 1.807) is 12.4 Å². The Morgan fingerprint density at radius 2 is 2.53 bits per heavy atom. The molecule has 0 saturated carbocycles. The summed E-state index contributed by atoms with van der Waals surface area (Å²) in [6, 6.07) is 0. The lowest BCUT2D eigenvalue weighted by Crippen LogP contribution is -2.35. The minimum atomic E-state index is -0.0585. The van der Waals surface area contributed by atoms with Crippen molar-refractivity contribution in [2.75, 3.05) is 19.6 Å². The Hall–Kier alpha value is -1.80. The number of aromatic amines is 1. The van der Waals surface area contributed by atoms with Crippen LogP contribution < -0.4 is 10.6 Å². The minimum absolute atomic E-state index is 0.0585. The van der Waals surface area contributed by atoms with Crippen molar-refractivity contribution in [2.45, 2.75) is 6.42 Å². The van der Waals surface area contributed by atoms with E-state index in [0.717, 1.165) is 5.82 Å². The van der Waals surface area contributed by atoms with Crippen LogP contribution in [-0.4, -0.2) is 35.5 Å². The fourth-order valence-corrected chi connectivity index (χ4v) is 1.07. The number of hydrogen-bond acceptors (Lipinski definition) is 3. The highest BCUT2D eigenvalue weighted by Gasteiger charge is 1.99. The van der Waals surface area contributed by atoms with Crippen molar-refractivity contribution in [1.29, 1.82) is 0 Å². The molecule has 15 heavy (non-hydrogen) atoms. The maximum absolute atomic E-state index is 11.2. The molecule has 1 aromatic rings. The molecule has 0 aliphatic carbocycles. The van der Waals surface area contributed by atoms with Crippen LogP contribution in [0.5, 0.6) is 0 Å². The third-order valence-corrected chi connectivity index (χ3v) is 1.75. The van der Waals surface area contributed by atoms with Crippen molar-refractivity contribution in [1.82, 2.24) is 20.6 Å². The zero-order chi connectivity index (χ0) is 10.9. The normalized spacial score (nSPS) is 9.53. The van der Waals surface area contributed by atoms with Gasteiger partial charge < -0.3 is 10.3 Å². The van der Waals surface area contributed by atoms with Gasteiger partial charge in [-0.3, -0.25) is 10.1 Å². The van der Waals surface area contributed by atoms with E-state index in [2.05, 4.69) is 26.5 Å². The predicted molar refractivity (Wildman–Crippen MR) is 57.0 cm³/mol. The molecule has 1 aromatic heterocycles. The Bertz CT molecular complexity index is 326. The predicted octanol–water partition coefficient (Wildman–Crippen LogP) is -0.709. The number of nitrogens with one attached hydrogen (secondary N) is 3. The van der Waals surface area contributed by atoms with Gasteiger partial charge in [0.1, 0.15) is 5.82 Å². The van der Waals surface area contributed by atoms with E-state index >= 15 is 0 Å². The second-order valence-electron chi connectivity index (χ2n) is 2.94. The molecule has 0 aliphatic heterocycles. The molecule has 5 nitrogen and oxygen atoms in total. The second kappa shape index (κ2) is 6.62. The van der Waals surface area contributed by atoms with Crippen LogP contribution in [0.1, 0.15) is 5.82 Å². The first-order chi connectivity index (χ1) is 7.33. The maximum Gasteiger partial charge on any atom is 0.233 e. The molecule has 0 saturated heterocycles. The summed E-state index contributed by atoms with van der Waals surface area (Å²) in [5, 5.41) is 5.56. The Morgan fingerprint density at radius 1 is 1.67 bits per heavy atom. The number of carbonyl (C=O) groups is 1. The van der Waals surface area contributed by atoms with Crippen LogP contribution in [0, 0.1) is 12.3 Å². The van der Waals surface area contributed by atoms with Gasteiger partial charge in [-0.25, -0.2) is 4.98 Å². The molecule has 0 spiro atoms. The summed E-state index contributed by atoms with van der Waals surface area (Å²) in [4.78, 5) is 18.2. The highest BCUT2D eigenvalue weighted by Crippen LogP contribution is 1.87. The van der Waals surface area contributed by atoms with Crippen LogP contribution in [0.3, 0.4) is 0 Å². The number of rotatable bonds is 6. The monoisotopic (exact) mass is 206 g/mol. The van der Waals surface area contributed by atoms with Crippen molar-refractivity contribution in [3.63, 3.8) is 0 Å². The molecule has 0 aliphatic rings. The van der Waals surface area contributed by atoms with Crippen molar-refractivity contribution in [3.8, 4) is 12.3 Å². The van der Waals surface area contributed by atoms with Crippen LogP contribution in [0.4, 0.5) is 0 Å². The summed E-state index contributed by atoms with van der Waals surface area (Å²) < 4.78 is 0. The highest BCUT2D eigenvalue weighted by molar-refractivity contribution is 5.77. The van der Waals surface area contributed by atoms with E-state index in [9.17, 15) is 4.79 Å². The van der Waals surface area contributed by atoms with Crippen molar-refractivity contribution < 1.29 is 4.79 Å². The molecule has 0 radical (unpaired) electrons. The first kappa shape index (κ1) is 11.3. The molecule has 5 heteroatoms. The van der Waals surface area contributed by atoms with Crippen molar-refractivity contribution >= 4 is 5.91 Å². The van der Waals surface area contributed by atoms with Crippen molar-refractivity contribution in [2.24, 2.45) is 0 Å². The number of aromatic nitrogens is 2. The lowest BCUT2D eigenvalue weighted by molar-refractivity contribution is -0.120. The number of amides is 1. The summed E-state index contributed by atoms with van der Waals surface area (Å²) >= 11 is 0. The molecule has 0 unspecified atom stereocenters. The van der Waals surface area contributed by atoms with E-state index in [-0.39, 0.29) is 12.5 Å². The molecule has 1 amide bonds. The molecule has 1 rings (SSSR count). The van der Waals surface area contributed by atoms with Gasteiger partial charge in [0.25, 0.3) is 0 Å². The van der Waals surface area contributed by atoms with Gasteiger partial charge in [0.15, 0.2) is 0 Å². The number of hydrogen-bond donors (Lipinski definition) is 3. The average Bonchev–Trinajstić information content (AvgIpc) is 2.71. The van der Waals surface area contributed by atoms with Crippen LogP contribution in [-0.2, 0) is 11.2 Å². The zero-order valence-corrected chi connectivity index (χ0v) is 8.42. The Kier molecular flexibility index (Phi) is 4.98. The first-order valence-electron chi connectivity index (χ1n) is 4.72. The van der Waals surface area contributed by atoms with Crippen LogP contribution >= 0.6 is 0 Å². The quantitative estimate of drug-likeness (QED) is 0.425. The third kappa shape index (κ3) is 4.84. The molecule has 0 bridgehead atoms. The second-order valence-corrected chi connectivity index (χ2v) is 2.94. The number of nitrogens with zero attached hydrogens (tertiary/aromatic N) is 1. The van der Waals surface area contributed by atoms with Gasteiger partial charge in [-0.15, -0.1) is 6.42 Å². The van der Waals surface area contributed by atoms with Gasteiger partial charge in [-0.1, -0.05) is 5.92 Å². The summed E-state index contributed by atoms with van der Waals surface area (Å²) in [5.41, 5.74) is 0. The smallest absolute Gasteiger partial charge is 0.233 e. The highest BCUT2D eigenvalue weighted by atomic mass is 16.1. The standard InChI is InChI=1S/C10H14N4O/c1-2-4-11-8-10(15)14-5-3-9-12-6-7-13-9/h1,6-7,11H,3-5,8H2,(H,12,13)(H,14,15). The molecule has 0 atom stereocenters. The van der Waals surface area contributed by atoms with Crippen molar-refractivity contribution in [3.05, 3.63) is 18.2 Å². The average molecular weight is 206 g/mol. The number of carbonyl (C=O) groups excluding carboxylic acids is 1. The zero-order valence-electron chi connectivity index (χ0n) is 8.42. The lowest BCUT2D eigenvalue weighted by atomic mass is 10.4. The number of imidazole rings is 1. The van der Waals surface area contributed by atoms with Crippen LogP contribution in [0.2, 0.25) is 0 Å². The summed E-state index contributed by atoms with van der Waals surface area (Å²) in [6.07, 6.45) is 9.17. The molecule has 3 N–H and O–H groups in total. The van der Waals surface area contributed by atoms with E-state index in [0.29, 0.717) is 19.5 Å². The SMILES string of the molecule is C#CCNCC(=O)NCCc1ncc[nH]1. The van der Waals surface area contributed by atoms with Gasteiger partial charge in [0.2, 0.25) is 5.91 Å². The molecular formula is C10H14N4O. The van der Waals surface area contributed by atoms with E-state index in [1.807, 2.05) is 0 Å². The third-order valence-electron chi connectivity index (χ3n) is 1.75. The van der Waals surface area contributed by atoms with Gasteiger partial charge in [-0.2, -0.15) is 0 Å². The summed E-state index contributed by atoms with van der Waals surface area (Å²) in [5.74, 6) is 3.20. The largest absolute Gasteiger partial charge is 0.355 e. The fraction of sp³-hybridized carbons (Fsp3) is 0.400. The summed E-state index contributed by atoms with van der Waals surface area (Å²) in [6.45, 7) is 1.23. The van der Waals surface area contributed by atoms with E-state index < -0.39 is 0 Å². The number of terminal acetylenes is 1. The molecule has 1 heterocycles. The van der Waals surface area contributed by atoms with Gasteiger partial charge in [-0.05, 0) is 0 Å². The Balaban J connectivity index is 2.05. The Morgan fingerprint density at radius 3 is 3.20 bits per heavy atom. The summed E-state index contributed by atoms with van der Waals surface area (Å²) in [7, 11) is 0. The van der Waals surface area contributed by atoms with Crippen LogP contribution in [0.25, 0.3) is 0 Å². The molecule has 80 valence electrons. The molecular weight excluding hydrogens is 192 g/mol. The first-order valence-corrected chi connectivity index (χ1v) is 4.72. The Labute approximate surface area is 88.7 Å². The molecule has 0 aromatic carbocycles.